The van der Waals surface area contributed by atoms with Gasteiger partial charge in [-0.1, -0.05) is 63.4 Å². The van der Waals surface area contributed by atoms with E-state index >= 15 is 0 Å². The number of amides is 2. The van der Waals surface area contributed by atoms with Crippen LogP contribution >= 0.6 is 0 Å². The minimum Gasteiger partial charge on any atom is -0.445 e. The van der Waals surface area contributed by atoms with E-state index in [4.69, 9.17) is 0 Å². The van der Waals surface area contributed by atoms with E-state index in [1.54, 1.807) is 12.1 Å². The molecule has 0 unspecified atom stereocenters. The van der Waals surface area contributed by atoms with Crippen LogP contribution in [0.4, 0.5) is 17.3 Å². The molecule has 0 aliphatic carbocycles. The van der Waals surface area contributed by atoms with Crippen LogP contribution in [-0.2, 0) is 0 Å². The fourth-order valence-corrected chi connectivity index (χ4v) is 3.82. The Morgan fingerprint density at radius 3 is 2.03 bits per heavy atom. The number of halogens is 4. The molecule has 1 atom stereocenters. The first-order valence-electron chi connectivity index (χ1n) is 10.9. The van der Waals surface area contributed by atoms with Crippen molar-refractivity contribution in [1.29, 1.82) is 0 Å². The maximum atomic E-state index is 14.4. The van der Waals surface area contributed by atoms with Gasteiger partial charge >= 0.3 is 58.4 Å². The fraction of sp³-hybridized carbons (Fsp3) is 0.417. The number of rotatable bonds is 6. The summed E-state index contributed by atoms with van der Waals surface area (Å²) in [6.07, 6.45) is 1.27. The van der Waals surface area contributed by atoms with Crippen LogP contribution in [-0.4, -0.2) is 29.8 Å². The number of nitrogens with one attached hydrogen (secondary N) is 1. The van der Waals surface area contributed by atoms with Crippen molar-refractivity contribution < 1.29 is 78.3 Å². The molecule has 0 aliphatic heterocycles. The van der Waals surface area contributed by atoms with Gasteiger partial charge in [0, 0.05) is 5.56 Å². The third kappa shape index (κ3) is 7.91. The average Bonchev–Trinajstić information content (AvgIpc) is 2.67. The number of hydrogen-bond donors (Lipinski definition) is 1. The minimum atomic E-state index is -5.40. The van der Waals surface area contributed by atoms with E-state index in [1.165, 1.54) is 5.01 Å². The second-order valence-corrected chi connectivity index (χ2v) is 9.48. The Morgan fingerprint density at radius 1 is 1.03 bits per heavy atom. The van der Waals surface area contributed by atoms with Gasteiger partial charge in [0.05, 0.1) is 11.6 Å². The quantitative estimate of drug-likeness (QED) is 0.374. The van der Waals surface area contributed by atoms with Gasteiger partial charge in [0.2, 0.25) is 0 Å². The first-order chi connectivity index (χ1) is 15.1. The van der Waals surface area contributed by atoms with Crippen LogP contribution in [0.2, 0.25) is 0 Å². The zero-order chi connectivity index (χ0) is 25.1. The predicted octanol–water partition coefficient (Wildman–Crippen LogP) is 2.50. The van der Waals surface area contributed by atoms with Crippen molar-refractivity contribution in [3.63, 3.8) is 0 Å². The molecule has 4 nitrogen and oxygen atoms in total. The largest absolute Gasteiger partial charge is 1.00 e. The van der Waals surface area contributed by atoms with E-state index in [1.807, 2.05) is 47.6 Å². The molecule has 0 spiro atoms. The van der Waals surface area contributed by atoms with Gasteiger partial charge in [-0.25, -0.2) is 9.40 Å². The van der Waals surface area contributed by atoms with Crippen LogP contribution in [0.5, 0.6) is 0 Å². The van der Waals surface area contributed by atoms with E-state index < -0.39 is 47.1 Å². The molecule has 1 N–H and O–H groups in total. The summed E-state index contributed by atoms with van der Waals surface area (Å²) in [6.45, 7) is 5.99. The average molecular weight is 504 g/mol. The molecule has 0 saturated heterocycles. The van der Waals surface area contributed by atoms with Crippen LogP contribution in [0.3, 0.4) is 0 Å². The van der Waals surface area contributed by atoms with E-state index in [2.05, 4.69) is 5.43 Å². The van der Waals surface area contributed by atoms with E-state index in [-0.39, 0.29) is 51.4 Å². The van der Waals surface area contributed by atoms with Crippen LogP contribution in [0.15, 0.2) is 36.4 Å². The van der Waals surface area contributed by atoms with Crippen LogP contribution in [0, 0.1) is 25.1 Å². The van der Waals surface area contributed by atoms with Gasteiger partial charge in [0.1, 0.15) is 5.82 Å². The molecule has 0 saturated carbocycles. The number of aryl methyl sites for hydroxylation is 2. The molecule has 2 amide bonds. The number of nitrogens with zero attached hydrogens (tertiary/aromatic N) is 1. The molecular weight excluding hydrogens is 474 g/mol. The number of benzene rings is 2. The van der Waals surface area contributed by atoms with Gasteiger partial charge in [0.15, 0.2) is 0 Å². The molecule has 0 fully saturated rings. The first-order valence-corrected chi connectivity index (χ1v) is 10.9. The molecule has 2 rings (SSSR count). The topological polar surface area (TPSA) is 49.4 Å². The van der Waals surface area contributed by atoms with Gasteiger partial charge in [-0.3, -0.25) is 15.0 Å². The Labute approximate surface area is 241 Å². The third-order valence-corrected chi connectivity index (χ3v) is 5.40. The van der Waals surface area contributed by atoms with Gasteiger partial charge in [-0.2, -0.15) is 0 Å². The Morgan fingerprint density at radius 2 is 1.59 bits per heavy atom. The Hall–Kier alpha value is -1.20. The van der Waals surface area contributed by atoms with Crippen molar-refractivity contribution in [3.05, 3.63) is 64.5 Å². The van der Waals surface area contributed by atoms with E-state index in [0.717, 1.165) is 17.2 Å². The summed E-state index contributed by atoms with van der Waals surface area (Å²) in [7, 11) is 0. The molecule has 180 valence electrons. The first kappa shape index (κ1) is 30.8. The number of carbonyl (C=O) groups is 2. The summed E-state index contributed by atoms with van der Waals surface area (Å²) >= 11 is 0. The monoisotopic (exact) mass is 504 g/mol. The summed E-state index contributed by atoms with van der Waals surface area (Å²) in [5.74, 6) is -2.76. The summed E-state index contributed by atoms with van der Waals surface area (Å²) in [5, 5.41) is 1.20. The SMILES string of the molecule is CCC[C@@H](N(NC(=O)c1ccc([B-](F)(F)F)cc1F)C(=O)c1cc(C)cc(C)c1)C(C)(C)C.[K+]. The molecule has 0 radical (unpaired) electrons. The minimum absolute atomic E-state index is 0. The van der Waals surface area contributed by atoms with Gasteiger partial charge in [-0.15, -0.1) is 5.46 Å². The molecule has 0 aromatic heterocycles. The van der Waals surface area contributed by atoms with Crippen molar-refractivity contribution in [1.82, 2.24) is 10.4 Å². The van der Waals surface area contributed by atoms with E-state index in [9.17, 15) is 26.9 Å². The maximum absolute atomic E-state index is 14.4. The molecule has 34 heavy (non-hydrogen) atoms. The summed E-state index contributed by atoms with van der Waals surface area (Å²) in [6, 6.07) is 6.62. The van der Waals surface area contributed by atoms with Crippen molar-refractivity contribution in [2.24, 2.45) is 5.41 Å². The maximum Gasteiger partial charge on any atom is 1.00 e. The molecule has 0 heterocycles. The summed E-state index contributed by atoms with van der Waals surface area (Å²) < 4.78 is 53.2. The predicted molar refractivity (Wildman–Crippen MR) is 123 cm³/mol. The molecule has 0 aliphatic rings. The van der Waals surface area contributed by atoms with Crippen LogP contribution in [0.1, 0.15) is 72.4 Å². The van der Waals surface area contributed by atoms with Gasteiger partial charge < -0.3 is 12.9 Å². The zero-order valence-corrected chi connectivity index (χ0v) is 23.9. The summed E-state index contributed by atoms with van der Waals surface area (Å²) in [5.41, 5.74) is 2.43. The van der Waals surface area contributed by atoms with E-state index in [0.29, 0.717) is 30.5 Å². The van der Waals surface area contributed by atoms with Crippen molar-refractivity contribution in [2.75, 3.05) is 0 Å². The van der Waals surface area contributed by atoms with Crippen molar-refractivity contribution >= 4 is 24.3 Å². The molecular formula is C24H30BF4KN2O2. The standard InChI is InChI=1S/C24H30BF4N2O2.K/c1-7-8-21(24(4,5)6)31(23(33)17-12-15(2)11-16(3)13-17)30-22(32)19-10-9-18(14-20(19)26)25(27,28)29;/h9-14,21H,7-8H2,1-6H3,(H,30,32);/q-1;+1/t21-;/m1./s1. The molecule has 0 bridgehead atoms. The van der Waals surface area contributed by atoms with Crippen molar-refractivity contribution in [3.8, 4) is 0 Å². The molecule has 2 aromatic carbocycles. The van der Waals surface area contributed by atoms with Gasteiger partial charge in [0.25, 0.3) is 11.8 Å². The third-order valence-electron chi connectivity index (χ3n) is 5.40. The van der Waals surface area contributed by atoms with Gasteiger partial charge in [-0.05, 0) is 43.9 Å². The number of carbonyl (C=O) groups excluding carboxylic acids is 2. The van der Waals surface area contributed by atoms with Crippen LogP contribution in [0.25, 0.3) is 0 Å². The molecule has 10 heteroatoms. The Balaban J connectivity index is 0.00000578. The summed E-state index contributed by atoms with van der Waals surface area (Å²) in [4.78, 5) is 26.4. The Kier molecular flexibility index (Phi) is 11.0. The normalized spacial score (nSPS) is 12.5. The smallest absolute Gasteiger partial charge is 0.445 e. The Bertz CT molecular complexity index is 1020. The zero-order valence-electron chi connectivity index (χ0n) is 20.8. The van der Waals surface area contributed by atoms with Crippen molar-refractivity contribution in [2.45, 2.75) is 60.4 Å². The van der Waals surface area contributed by atoms with Crippen LogP contribution < -0.4 is 62.3 Å². The second kappa shape index (κ2) is 12.2. The number of hydrogen-bond acceptors (Lipinski definition) is 2. The number of hydrazine groups is 1. The second-order valence-electron chi connectivity index (χ2n) is 9.48. The fourth-order valence-electron chi connectivity index (χ4n) is 3.82. The molecule has 2 aromatic rings.